The van der Waals surface area contributed by atoms with Gasteiger partial charge in [0, 0.05) is 0 Å². The van der Waals surface area contributed by atoms with Crippen LogP contribution in [0.1, 0.15) is 34.6 Å². The van der Waals surface area contributed by atoms with Gasteiger partial charge in [0.1, 0.15) is 6.04 Å². The Balaban J connectivity index is 4.44. The zero-order valence-corrected chi connectivity index (χ0v) is 9.83. The SMILES string of the molecule is CC(C)OC(=O)N[C@@H](C(=O)O)C(C)(C)C. The molecule has 0 spiro atoms. The third kappa shape index (κ3) is 5.24. The smallest absolute Gasteiger partial charge is 0.408 e. The van der Waals surface area contributed by atoms with Gasteiger partial charge in [0.2, 0.25) is 0 Å². The number of carbonyl (C=O) groups excluding carboxylic acids is 1. The number of alkyl carbamates (subject to hydrolysis) is 1. The average molecular weight is 217 g/mol. The van der Waals surface area contributed by atoms with E-state index in [1.165, 1.54) is 0 Å². The largest absolute Gasteiger partial charge is 0.480 e. The van der Waals surface area contributed by atoms with Gasteiger partial charge in [-0.2, -0.15) is 0 Å². The molecule has 0 rings (SSSR count). The Morgan fingerprint density at radius 1 is 1.27 bits per heavy atom. The van der Waals surface area contributed by atoms with Gasteiger partial charge in [0.25, 0.3) is 0 Å². The van der Waals surface area contributed by atoms with E-state index in [0.29, 0.717) is 0 Å². The molecule has 1 amide bonds. The first-order valence-corrected chi connectivity index (χ1v) is 4.84. The summed E-state index contributed by atoms with van der Waals surface area (Å²) < 4.78 is 4.81. The fourth-order valence-electron chi connectivity index (χ4n) is 1.01. The summed E-state index contributed by atoms with van der Waals surface area (Å²) in [6.07, 6.45) is -0.966. The summed E-state index contributed by atoms with van der Waals surface area (Å²) in [6, 6.07) is -0.955. The van der Waals surface area contributed by atoms with Crippen LogP contribution in [0.2, 0.25) is 0 Å². The van der Waals surface area contributed by atoms with E-state index in [1.54, 1.807) is 34.6 Å². The highest BCUT2D eigenvalue weighted by Crippen LogP contribution is 2.19. The van der Waals surface area contributed by atoms with Crippen LogP contribution >= 0.6 is 0 Å². The molecule has 88 valence electrons. The van der Waals surface area contributed by atoms with Gasteiger partial charge < -0.3 is 15.2 Å². The maximum absolute atomic E-state index is 11.2. The molecule has 0 aromatic carbocycles. The van der Waals surface area contributed by atoms with Gasteiger partial charge >= 0.3 is 12.1 Å². The summed E-state index contributed by atoms with van der Waals surface area (Å²) in [4.78, 5) is 22.1. The number of ether oxygens (including phenoxy) is 1. The van der Waals surface area contributed by atoms with Crippen LogP contribution in [0.25, 0.3) is 0 Å². The highest BCUT2D eigenvalue weighted by atomic mass is 16.6. The third-order valence-corrected chi connectivity index (χ3v) is 1.72. The van der Waals surface area contributed by atoms with Gasteiger partial charge in [-0.05, 0) is 19.3 Å². The van der Waals surface area contributed by atoms with Crippen molar-refractivity contribution >= 4 is 12.1 Å². The summed E-state index contributed by atoms with van der Waals surface area (Å²) in [5.74, 6) is -1.07. The van der Waals surface area contributed by atoms with Crippen LogP contribution in [0, 0.1) is 5.41 Å². The molecule has 0 fully saturated rings. The molecule has 2 N–H and O–H groups in total. The minimum Gasteiger partial charge on any atom is -0.480 e. The van der Waals surface area contributed by atoms with Gasteiger partial charge in [0.15, 0.2) is 0 Å². The van der Waals surface area contributed by atoms with Crippen molar-refractivity contribution in [2.75, 3.05) is 0 Å². The minimum absolute atomic E-state index is 0.264. The standard InChI is InChI=1S/C10H19NO4/c1-6(2)15-9(14)11-7(8(12)13)10(3,4)5/h6-7H,1-5H3,(H,11,14)(H,12,13)/t7-/m0/s1. The molecule has 15 heavy (non-hydrogen) atoms. The molecule has 0 heterocycles. The third-order valence-electron chi connectivity index (χ3n) is 1.72. The van der Waals surface area contributed by atoms with E-state index in [2.05, 4.69) is 5.32 Å². The van der Waals surface area contributed by atoms with Crippen LogP contribution in [-0.4, -0.2) is 29.3 Å². The molecule has 1 atom stereocenters. The van der Waals surface area contributed by atoms with E-state index in [1.807, 2.05) is 0 Å². The summed E-state index contributed by atoms with van der Waals surface area (Å²) in [7, 11) is 0. The quantitative estimate of drug-likeness (QED) is 0.753. The van der Waals surface area contributed by atoms with Crippen molar-refractivity contribution < 1.29 is 19.4 Å². The molecule has 0 saturated carbocycles. The summed E-state index contributed by atoms with van der Waals surface area (Å²) in [6.45, 7) is 8.61. The molecule has 0 aliphatic heterocycles. The van der Waals surface area contributed by atoms with E-state index in [9.17, 15) is 9.59 Å². The van der Waals surface area contributed by atoms with Crippen LogP contribution in [0.4, 0.5) is 4.79 Å². The number of rotatable bonds is 3. The predicted octanol–water partition coefficient (Wildman–Crippen LogP) is 1.62. The Hall–Kier alpha value is -1.26. The van der Waals surface area contributed by atoms with Gasteiger partial charge in [0.05, 0.1) is 6.10 Å². The molecule has 0 saturated heterocycles. The van der Waals surface area contributed by atoms with Crippen LogP contribution in [-0.2, 0) is 9.53 Å². The monoisotopic (exact) mass is 217 g/mol. The van der Waals surface area contributed by atoms with Crippen LogP contribution in [0.15, 0.2) is 0 Å². The number of carboxylic acid groups (broad SMARTS) is 1. The van der Waals surface area contributed by atoms with Crippen molar-refractivity contribution in [3.8, 4) is 0 Å². The molecule has 5 heteroatoms. The molecule has 0 aromatic heterocycles. The lowest BCUT2D eigenvalue weighted by atomic mass is 9.87. The molecular weight excluding hydrogens is 198 g/mol. The lowest BCUT2D eigenvalue weighted by Crippen LogP contribution is -2.49. The predicted molar refractivity (Wildman–Crippen MR) is 55.6 cm³/mol. The molecule has 0 unspecified atom stereocenters. The Morgan fingerprint density at radius 3 is 2.00 bits per heavy atom. The van der Waals surface area contributed by atoms with Gasteiger partial charge in [-0.15, -0.1) is 0 Å². The topological polar surface area (TPSA) is 75.6 Å². The molecule has 5 nitrogen and oxygen atoms in total. The number of amides is 1. The van der Waals surface area contributed by atoms with Crippen LogP contribution in [0.5, 0.6) is 0 Å². The number of carbonyl (C=O) groups is 2. The Kier molecular flexibility index (Phi) is 4.58. The lowest BCUT2D eigenvalue weighted by Gasteiger charge is -2.27. The van der Waals surface area contributed by atoms with Crippen LogP contribution in [0.3, 0.4) is 0 Å². The number of nitrogens with one attached hydrogen (secondary N) is 1. The number of aliphatic carboxylic acids is 1. The first-order valence-electron chi connectivity index (χ1n) is 4.84. The second-order valence-corrected chi connectivity index (χ2v) is 4.74. The van der Waals surface area contributed by atoms with Crippen molar-refractivity contribution in [1.82, 2.24) is 5.32 Å². The summed E-state index contributed by atoms with van der Waals surface area (Å²) in [5, 5.41) is 11.2. The van der Waals surface area contributed by atoms with Gasteiger partial charge in [-0.1, -0.05) is 20.8 Å². The molecule has 0 radical (unpaired) electrons. The highest BCUT2D eigenvalue weighted by molar-refractivity contribution is 5.80. The lowest BCUT2D eigenvalue weighted by molar-refractivity contribution is -0.142. The van der Waals surface area contributed by atoms with Gasteiger partial charge in [-0.3, -0.25) is 0 Å². The summed E-state index contributed by atoms with van der Waals surface area (Å²) in [5.41, 5.74) is -0.554. The zero-order valence-electron chi connectivity index (χ0n) is 9.83. The van der Waals surface area contributed by atoms with E-state index >= 15 is 0 Å². The van der Waals surface area contributed by atoms with Crippen molar-refractivity contribution in [2.45, 2.75) is 46.8 Å². The molecule has 0 bridgehead atoms. The highest BCUT2D eigenvalue weighted by Gasteiger charge is 2.33. The second-order valence-electron chi connectivity index (χ2n) is 4.74. The minimum atomic E-state index is -1.07. The Labute approximate surface area is 89.8 Å². The fraction of sp³-hybridized carbons (Fsp3) is 0.800. The van der Waals surface area contributed by atoms with Crippen molar-refractivity contribution in [3.63, 3.8) is 0 Å². The number of hydrogen-bond acceptors (Lipinski definition) is 3. The first kappa shape index (κ1) is 13.7. The molecule has 0 aliphatic rings. The zero-order chi connectivity index (χ0) is 12.2. The van der Waals surface area contributed by atoms with Crippen molar-refractivity contribution in [1.29, 1.82) is 0 Å². The number of carboxylic acids is 1. The molecule has 0 aromatic rings. The maximum Gasteiger partial charge on any atom is 0.408 e. The van der Waals surface area contributed by atoms with Crippen molar-refractivity contribution in [2.24, 2.45) is 5.41 Å². The van der Waals surface area contributed by atoms with E-state index in [-0.39, 0.29) is 6.10 Å². The molecule has 0 aliphatic carbocycles. The van der Waals surface area contributed by atoms with Crippen molar-refractivity contribution in [3.05, 3.63) is 0 Å². The maximum atomic E-state index is 11.2. The fourth-order valence-corrected chi connectivity index (χ4v) is 1.01. The molecular formula is C10H19NO4. The normalized spacial score (nSPS) is 13.5. The van der Waals surface area contributed by atoms with Crippen LogP contribution < -0.4 is 5.32 Å². The first-order chi connectivity index (χ1) is 6.64. The average Bonchev–Trinajstić information content (AvgIpc) is 1.95. The summed E-state index contributed by atoms with van der Waals surface area (Å²) >= 11 is 0. The van der Waals surface area contributed by atoms with E-state index in [4.69, 9.17) is 9.84 Å². The number of hydrogen-bond donors (Lipinski definition) is 2. The Morgan fingerprint density at radius 2 is 1.73 bits per heavy atom. The van der Waals surface area contributed by atoms with Gasteiger partial charge in [-0.25, -0.2) is 9.59 Å². The Bertz CT molecular complexity index is 242. The van der Waals surface area contributed by atoms with E-state index in [0.717, 1.165) is 0 Å². The van der Waals surface area contributed by atoms with E-state index < -0.39 is 23.5 Å². The second kappa shape index (κ2) is 5.00.